The molecule has 11 heteroatoms. The van der Waals surface area contributed by atoms with E-state index in [-0.39, 0.29) is 42.8 Å². The first-order valence-electron chi connectivity index (χ1n) is 8.69. The summed E-state index contributed by atoms with van der Waals surface area (Å²) in [5.41, 5.74) is 6.54. The lowest BCUT2D eigenvalue weighted by Gasteiger charge is -2.24. The average Bonchev–Trinajstić information content (AvgIpc) is 2.63. The summed E-state index contributed by atoms with van der Waals surface area (Å²) in [5.74, 6) is -0.336. The minimum Gasteiger partial charge on any atom is -0.329 e. The molecule has 2 aromatic carbocycles. The monoisotopic (exact) mass is 545 g/mol. The number of carbonyl (C=O) groups is 1. The van der Waals surface area contributed by atoms with E-state index in [1.54, 1.807) is 0 Å². The van der Waals surface area contributed by atoms with Gasteiger partial charge in [-0.2, -0.15) is 13.2 Å². The lowest BCUT2D eigenvalue weighted by atomic mass is 10.00. The van der Waals surface area contributed by atoms with Crippen molar-refractivity contribution in [3.05, 3.63) is 51.5 Å². The summed E-state index contributed by atoms with van der Waals surface area (Å²) >= 11 is 4.68. The molecule has 0 saturated carbocycles. The van der Waals surface area contributed by atoms with Gasteiger partial charge in [-0.1, -0.05) is 33.8 Å². The van der Waals surface area contributed by atoms with Gasteiger partial charge in [0, 0.05) is 52.4 Å². The number of fused-ring (bicyclic) bond motifs is 2. The molecular formula is C19H21BrCl2F3N3OS. The molecule has 1 heterocycles. The second kappa shape index (κ2) is 11.6. The molecule has 0 spiro atoms. The highest BCUT2D eigenvalue weighted by Gasteiger charge is 2.33. The van der Waals surface area contributed by atoms with E-state index in [4.69, 9.17) is 5.73 Å². The third-order valence-electron chi connectivity index (χ3n) is 4.28. The van der Waals surface area contributed by atoms with Crippen LogP contribution in [-0.4, -0.2) is 25.5 Å². The molecule has 3 rings (SSSR count). The zero-order valence-corrected chi connectivity index (χ0v) is 19.7. The first-order valence-corrected chi connectivity index (χ1v) is 10.3. The smallest absolute Gasteiger partial charge is 0.329 e. The Labute approximate surface area is 197 Å². The highest BCUT2D eigenvalue weighted by atomic mass is 79.9. The van der Waals surface area contributed by atoms with Crippen molar-refractivity contribution in [1.82, 2.24) is 5.32 Å². The summed E-state index contributed by atoms with van der Waals surface area (Å²) in [5, 5.41) is 5.66. The van der Waals surface area contributed by atoms with Crippen molar-refractivity contribution in [3.8, 4) is 0 Å². The minimum absolute atomic E-state index is 0. The van der Waals surface area contributed by atoms with Gasteiger partial charge in [0.15, 0.2) is 0 Å². The molecule has 0 bridgehead atoms. The molecule has 0 aromatic heterocycles. The van der Waals surface area contributed by atoms with E-state index in [1.807, 2.05) is 18.2 Å². The SMILES string of the molecule is Cl.Cl.NCCNCCC(=O)Nc1cc(C(F)(F)F)cc2c1Cc1ccc(Br)cc1S2. The van der Waals surface area contributed by atoms with Gasteiger partial charge in [0.05, 0.1) is 5.56 Å². The van der Waals surface area contributed by atoms with Crippen LogP contribution in [0.1, 0.15) is 23.1 Å². The number of benzene rings is 2. The zero-order chi connectivity index (χ0) is 20.3. The maximum atomic E-state index is 13.4. The van der Waals surface area contributed by atoms with Crippen LogP contribution in [0, 0.1) is 0 Å². The normalized spacial score (nSPS) is 12.2. The van der Waals surface area contributed by atoms with Crippen LogP contribution in [0.3, 0.4) is 0 Å². The van der Waals surface area contributed by atoms with Gasteiger partial charge in [-0.3, -0.25) is 4.79 Å². The molecule has 1 aliphatic rings. The number of alkyl halides is 3. The topological polar surface area (TPSA) is 67.1 Å². The van der Waals surface area contributed by atoms with E-state index < -0.39 is 11.7 Å². The third kappa shape index (κ3) is 6.77. The molecule has 4 N–H and O–H groups in total. The highest BCUT2D eigenvalue weighted by molar-refractivity contribution is 9.10. The van der Waals surface area contributed by atoms with Crippen LogP contribution in [0.4, 0.5) is 18.9 Å². The Balaban J connectivity index is 0.00000225. The zero-order valence-electron chi connectivity index (χ0n) is 15.6. The van der Waals surface area contributed by atoms with Gasteiger partial charge >= 0.3 is 6.18 Å². The number of carbonyl (C=O) groups excluding carboxylic acids is 1. The molecule has 0 fully saturated rings. The number of halogens is 6. The van der Waals surface area contributed by atoms with Gasteiger partial charge in [-0.25, -0.2) is 0 Å². The fraction of sp³-hybridized carbons (Fsp3) is 0.316. The van der Waals surface area contributed by atoms with Crippen molar-refractivity contribution in [3.63, 3.8) is 0 Å². The largest absolute Gasteiger partial charge is 0.416 e. The number of nitrogens with two attached hydrogens (primary N) is 1. The molecule has 0 unspecified atom stereocenters. The number of hydrogen-bond donors (Lipinski definition) is 3. The maximum absolute atomic E-state index is 13.4. The van der Waals surface area contributed by atoms with Crippen molar-refractivity contribution < 1.29 is 18.0 Å². The molecule has 0 aliphatic carbocycles. The number of nitrogens with one attached hydrogen (secondary N) is 2. The van der Waals surface area contributed by atoms with Gasteiger partial charge in [0.25, 0.3) is 0 Å². The fourth-order valence-electron chi connectivity index (χ4n) is 2.91. The van der Waals surface area contributed by atoms with Crippen LogP contribution in [0.2, 0.25) is 0 Å². The number of hydrogen-bond acceptors (Lipinski definition) is 4. The van der Waals surface area contributed by atoms with E-state index in [0.29, 0.717) is 36.5 Å². The van der Waals surface area contributed by atoms with Gasteiger partial charge in [-0.05, 0) is 35.4 Å². The Morgan fingerprint density at radius 3 is 2.53 bits per heavy atom. The molecule has 4 nitrogen and oxygen atoms in total. The molecule has 30 heavy (non-hydrogen) atoms. The minimum atomic E-state index is -4.49. The number of amides is 1. The van der Waals surface area contributed by atoms with Crippen LogP contribution < -0.4 is 16.4 Å². The van der Waals surface area contributed by atoms with Gasteiger partial charge in [0.1, 0.15) is 0 Å². The Bertz CT molecular complexity index is 900. The molecule has 166 valence electrons. The Hall–Kier alpha value is -0.970. The van der Waals surface area contributed by atoms with Gasteiger partial charge in [0.2, 0.25) is 5.91 Å². The van der Waals surface area contributed by atoms with Gasteiger partial charge < -0.3 is 16.4 Å². The summed E-state index contributed by atoms with van der Waals surface area (Å²) in [7, 11) is 0. The molecule has 0 atom stereocenters. The summed E-state index contributed by atoms with van der Waals surface area (Å²) in [6.07, 6.45) is -3.87. The van der Waals surface area contributed by atoms with E-state index in [9.17, 15) is 18.0 Å². The fourth-order valence-corrected chi connectivity index (χ4v) is 4.61. The molecule has 0 radical (unpaired) electrons. The average molecular weight is 547 g/mol. The van der Waals surface area contributed by atoms with Crippen molar-refractivity contribution in [1.29, 1.82) is 0 Å². The molecule has 1 amide bonds. The summed E-state index contributed by atoms with van der Waals surface area (Å²) in [6, 6.07) is 7.91. The number of anilines is 1. The number of rotatable bonds is 6. The Morgan fingerprint density at radius 2 is 1.87 bits per heavy atom. The third-order valence-corrected chi connectivity index (χ3v) is 5.95. The van der Waals surface area contributed by atoms with Gasteiger partial charge in [-0.15, -0.1) is 24.8 Å². The molecule has 0 saturated heterocycles. The first kappa shape index (κ1) is 27.1. The van der Waals surface area contributed by atoms with Crippen LogP contribution in [-0.2, 0) is 17.4 Å². The highest BCUT2D eigenvalue weighted by Crippen LogP contribution is 2.46. The lowest BCUT2D eigenvalue weighted by Crippen LogP contribution is -2.26. The molecule has 2 aromatic rings. The Kier molecular flexibility index (Phi) is 10.5. The maximum Gasteiger partial charge on any atom is 0.416 e. The van der Waals surface area contributed by atoms with E-state index in [2.05, 4.69) is 26.6 Å². The molecule has 1 aliphatic heterocycles. The summed E-state index contributed by atoms with van der Waals surface area (Å²) < 4.78 is 41.0. The Morgan fingerprint density at radius 1 is 1.13 bits per heavy atom. The summed E-state index contributed by atoms with van der Waals surface area (Å²) in [6.45, 7) is 1.44. The van der Waals surface area contributed by atoms with Crippen molar-refractivity contribution in [2.24, 2.45) is 5.73 Å². The lowest BCUT2D eigenvalue weighted by molar-refractivity contribution is -0.137. The van der Waals surface area contributed by atoms with Crippen LogP contribution in [0.15, 0.2) is 44.6 Å². The van der Waals surface area contributed by atoms with Crippen molar-refractivity contribution >= 4 is 64.1 Å². The van der Waals surface area contributed by atoms with E-state index >= 15 is 0 Å². The van der Waals surface area contributed by atoms with Crippen LogP contribution >= 0.6 is 52.5 Å². The standard InChI is InChI=1S/C19H19BrF3N3OS.2ClH/c20-13-2-1-11-7-14-15(26-18(27)3-5-25-6-4-24)8-12(19(21,22)23)9-17(14)28-16(11)10-13;;/h1-2,8-10,25H,3-7,24H2,(H,26,27);2*1H. The van der Waals surface area contributed by atoms with E-state index in [0.717, 1.165) is 27.1 Å². The van der Waals surface area contributed by atoms with Crippen LogP contribution in [0.5, 0.6) is 0 Å². The predicted molar refractivity (Wildman–Crippen MR) is 122 cm³/mol. The molecular weight excluding hydrogens is 526 g/mol. The second-order valence-corrected chi connectivity index (χ2v) is 8.37. The second-order valence-electron chi connectivity index (χ2n) is 6.37. The van der Waals surface area contributed by atoms with Crippen molar-refractivity contribution in [2.45, 2.75) is 28.8 Å². The van der Waals surface area contributed by atoms with Crippen molar-refractivity contribution in [2.75, 3.05) is 25.0 Å². The summed E-state index contributed by atoms with van der Waals surface area (Å²) in [4.78, 5) is 13.7. The first-order chi connectivity index (χ1) is 13.3. The van der Waals surface area contributed by atoms with E-state index in [1.165, 1.54) is 11.8 Å². The predicted octanol–water partition coefficient (Wildman–Crippen LogP) is 5.24. The quantitative estimate of drug-likeness (QED) is 0.370. The van der Waals surface area contributed by atoms with Crippen LogP contribution in [0.25, 0.3) is 0 Å².